The molecule has 96 valence electrons. The molecule has 1 N–H and O–H groups in total. The predicted octanol–water partition coefficient (Wildman–Crippen LogP) is 1.97. The van der Waals surface area contributed by atoms with E-state index in [1.807, 2.05) is 47.7 Å². The van der Waals surface area contributed by atoms with Crippen LogP contribution in [0.4, 0.5) is 5.95 Å². The van der Waals surface area contributed by atoms with Crippen molar-refractivity contribution in [3.8, 4) is 0 Å². The lowest BCUT2D eigenvalue weighted by atomic mass is 10.3. The van der Waals surface area contributed by atoms with Gasteiger partial charge in [0, 0.05) is 20.1 Å². The van der Waals surface area contributed by atoms with Crippen LogP contribution in [0.25, 0.3) is 11.0 Å². The summed E-state index contributed by atoms with van der Waals surface area (Å²) in [6, 6.07) is 7.79. The number of hydrogen-bond acceptors (Lipinski definition) is 3. The fraction of sp³-hybridized carbons (Fsp3) is 0.385. The molecule has 0 saturated carbocycles. The van der Waals surface area contributed by atoms with Gasteiger partial charge in [-0.25, -0.2) is 4.98 Å². The Hall–Kier alpha value is -2.04. The van der Waals surface area contributed by atoms with E-state index >= 15 is 0 Å². The highest BCUT2D eigenvalue weighted by molar-refractivity contribution is 5.79. The third-order valence-corrected chi connectivity index (χ3v) is 3.00. The van der Waals surface area contributed by atoms with Crippen molar-refractivity contribution in [2.24, 2.45) is 0 Å². The molecule has 5 nitrogen and oxygen atoms in total. The summed E-state index contributed by atoms with van der Waals surface area (Å²) in [5.41, 5.74) is 1.88. The zero-order valence-corrected chi connectivity index (χ0v) is 10.6. The predicted molar refractivity (Wildman–Crippen MR) is 70.9 cm³/mol. The van der Waals surface area contributed by atoms with Gasteiger partial charge in [-0.15, -0.1) is 0 Å². The Labute approximate surface area is 106 Å². The van der Waals surface area contributed by atoms with Crippen LogP contribution in [0.5, 0.6) is 0 Å². The van der Waals surface area contributed by atoms with Crippen molar-refractivity contribution >= 4 is 23.0 Å². The Morgan fingerprint density at radius 2 is 2.17 bits per heavy atom. The average molecular weight is 247 g/mol. The third-order valence-electron chi connectivity index (χ3n) is 3.00. The largest absolute Gasteiger partial charge is 0.481 e. The number of hydrogen-bond donors (Lipinski definition) is 1. The zero-order chi connectivity index (χ0) is 13.1. The van der Waals surface area contributed by atoms with Crippen molar-refractivity contribution in [1.82, 2.24) is 9.55 Å². The number of carboxylic acids is 1. The van der Waals surface area contributed by atoms with Crippen LogP contribution >= 0.6 is 0 Å². The molecule has 0 aliphatic rings. The number of para-hydroxylation sites is 2. The second kappa shape index (κ2) is 5.08. The number of carboxylic acid groups (broad SMARTS) is 1. The van der Waals surface area contributed by atoms with E-state index < -0.39 is 5.97 Å². The van der Waals surface area contributed by atoms with Crippen molar-refractivity contribution < 1.29 is 9.90 Å². The maximum atomic E-state index is 10.7. The van der Waals surface area contributed by atoms with E-state index in [9.17, 15) is 4.79 Å². The molecule has 0 aliphatic carbocycles. The maximum absolute atomic E-state index is 10.7. The van der Waals surface area contributed by atoms with Gasteiger partial charge in [-0.05, 0) is 19.1 Å². The van der Waals surface area contributed by atoms with Gasteiger partial charge in [0.05, 0.1) is 17.5 Å². The average Bonchev–Trinajstić information content (AvgIpc) is 2.74. The summed E-state index contributed by atoms with van der Waals surface area (Å²) in [4.78, 5) is 17.3. The molecule has 0 amide bonds. The van der Waals surface area contributed by atoms with Crippen LogP contribution < -0.4 is 4.90 Å². The minimum absolute atomic E-state index is 0.102. The van der Waals surface area contributed by atoms with Crippen LogP contribution in [-0.2, 0) is 11.3 Å². The Bertz CT molecular complexity index is 562. The Morgan fingerprint density at radius 1 is 1.44 bits per heavy atom. The number of fused-ring (bicyclic) bond motifs is 1. The van der Waals surface area contributed by atoms with E-state index in [1.165, 1.54) is 0 Å². The van der Waals surface area contributed by atoms with Gasteiger partial charge in [-0.3, -0.25) is 4.79 Å². The van der Waals surface area contributed by atoms with Gasteiger partial charge in [0.25, 0.3) is 0 Å². The van der Waals surface area contributed by atoms with E-state index in [2.05, 4.69) is 4.98 Å². The van der Waals surface area contributed by atoms with Crippen LogP contribution in [0.2, 0.25) is 0 Å². The van der Waals surface area contributed by atoms with Crippen LogP contribution in [-0.4, -0.2) is 34.2 Å². The number of nitrogens with zero attached hydrogens (tertiary/aromatic N) is 3. The van der Waals surface area contributed by atoms with Gasteiger partial charge in [0.2, 0.25) is 5.95 Å². The Kier molecular flexibility index (Phi) is 3.50. The smallest absolute Gasteiger partial charge is 0.305 e. The number of benzene rings is 1. The molecule has 2 aromatic rings. The first-order valence-electron chi connectivity index (χ1n) is 6.01. The summed E-state index contributed by atoms with van der Waals surface area (Å²) < 4.78 is 1.97. The highest BCUT2D eigenvalue weighted by atomic mass is 16.4. The second-order valence-corrected chi connectivity index (χ2v) is 4.21. The lowest BCUT2D eigenvalue weighted by Gasteiger charge is -2.17. The third kappa shape index (κ3) is 2.30. The van der Waals surface area contributed by atoms with Crippen molar-refractivity contribution in [2.75, 3.05) is 18.5 Å². The number of rotatable bonds is 5. The molecule has 0 atom stereocenters. The van der Waals surface area contributed by atoms with Crippen LogP contribution in [0.15, 0.2) is 24.3 Å². The van der Waals surface area contributed by atoms with Crippen LogP contribution in [0.3, 0.4) is 0 Å². The lowest BCUT2D eigenvalue weighted by molar-refractivity contribution is -0.137. The Balaban J connectivity index is 2.47. The summed E-state index contributed by atoms with van der Waals surface area (Å²) in [6.45, 7) is 3.31. The van der Waals surface area contributed by atoms with Crippen molar-refractivity contribution in [2.45, 2.75) is 19.9 Å². The summed E-state index contributed by atoms with van der Waals surface area (Å²) in [7, 11) is 1.96. The molecular formula is C13H17N3O2. The number of aromatic nitrogens is 2. The molecule has 5 heteroatoms. The molecule has 1 heterocycles. The summed E-state index contributed by atoms with van der Waals surface area (Å²) >= 11 is 0. The topological polar surface area (TPSA) is 58.4 Å². The quantitative estimate of drug-likeness (QED) is 0.877. The van der Waals surface area contributed by atoms with Crippen LogP contribution in [0, 0.1) is 0 Å². The maximum Gasteiger partial charge on any atom is 0.305 e. The Morgan fingerprint density at radius 3 is 2.83 bits per heavy atom. The highest BCUT2D eigenvalue weighted by Crippen LogP contribution is 2.22. The molecule has 0 fully saturated rings. The molecular weight excluding hydrogens is 230 g/mol. The van der Waals surface area contributed by atoms with Crippen molar-refractivity contribution in [3.63, 3.8) is 0 Å². The van der Waals surface area contributed by atoms with E-state index in [4.69, 9.17) is 5.11 Å². The van der Waals surface area contributed by atoms with Gasteiger partial charge in [0.1, 0.15) is 0 Å². The number of carbonyl (C=O) groups is 1. The normalized spacial score (nSPS) is 10.8. The fourth-order valence-corrected chi connectivity index (χ4v) is 1.92. The summed E-state index contributed by atoms with van der Waals surface area (Å²) in [5, 5.41) is 8.82. The first-order chi connectivity index (χ1) is 8.63. The van der Waals surface area contributed by atoms with E-state index in [0.29, 0.717) is 6.54 Å². The molecule has 0 saturated heterocycles. The zero-order valence-electron chi connectivity index (χ0n) is 10.6. The molecule has 0 unspecified atom stereocenters. The summed E-state index contributed by atoms with van der Waals surface area (Å²) in [6.07, 6.45) is 0.102. The van der Waals surface area contributed by atoms with Crippen LogP contribution in [0.1, 0.15) is 13.3 Å². The van der Waals surface area contributed by atoms with E-state index in [1.54, 1.807) is 0 Å². The lowest BCUT2D eigenvalue weighted by Crippen LogP contribution is -2.21. The van der Waals surface area contributed by atoms with Gasteiger partial charge < -0.3 is 14.6 Å². The first-order valence-corrected chi connectivity index (χ1v) is 6.01. The minimum atomic E-state index is -0.794. The molecule has 0 radical (unpaired) electrons. The van der Waals surface area contributed by atoms with Gasteiger partial charge in [0.15, 0.2) is 0 Å². The molecule has 0 bridgehead atoms. The standard InChI is InChI=1S/C13H17N3O2/c1-3-15(2)13-14-10-6-4-5-7-11(10)16(13)9-8-12(17)18/h4-7H,3,8-9H2,1-2H3,(H,17,18). The number of imidazole rings is 1. The number of aliphatic carboxylic acids is 1. The molecule has 1 aromatic carbocycles. The van der Waals surface area contributed by atoms with Gasteiger partial charge in [-0.2, -0.15) is 0 Å². The molecule has 0 spiro atoms. The SMILES string of the molecule is CCN(C)c1nc2ccccc2n1CCC(=O)O. The molecule has 18 heavy (non-hydrogen) atoms. The number of anilines is 1. The first kappa shape index (κ1) is 12.4. The van der Waals surface area contributed by atoms with E-state index in [-0.39, 0.29) is 6.42 Å². The summed E-state index contributed by atoms with van der Waals surface area (Å²) in [5.74, 6) is 0.0258. The molecule has 1 aromatic heterocycles. The second-order valence-electron chi connectivity index (χ2n) is 4.21. The molecule has 2 rings (SSSR count). The van der Waals surface area contributed by atoms with Gasteiger partial charge in [-0.1, -0.05) is 12.1 Å². The van der Waals surface area contributed by atoms with Crippen molar-refractivity contribution in [3.05, 3.63) is 24.3 Å². The number of aryl methyl sites for hydroxylation is 1. The minimum Gasteiger partial charge on any atom is -0.481 e. The molecule has 0 aliphatic heterocycles. The highest BCUT2D eigenvalue weighted by Gasteiger charge is 2.13. The van der Waals surface area contributed by atoms with Crippen molar-refractivity contribution in [1.29, 1.82) is 0 Å². The van der Waals surface area contributed by atoms with E-state index in [0.717, 1.165) is 23.5 Å². The fourth-order valence-electron chi connectivity index (χ4n) is 1.92. The monoisotopic (exact) mass is 247 g/mol. The van der Waals surface area contributed by atoms with Gasteiger partial charge >= 0.3 is 5.97 Å².